The number of nitrogens with zero attached hydrogens (tertiary/aromatic N) is 3. The van der Waals surface area contributed by atoms with E-state index in [0.29, 0.717) is 10.3 Å². The Labute approximate surface area is 118 Å². The van der Waals surface area contributed by atoms with Crippen molar-refractivity contribution in [2.75, 3.05) is 0 Å². The van der Waals surface area contributed by atoms with Crippen LogP contribution in [0.3, 0.4) is 0 Å². The van der Waals surface area contributed by atoms with Crippen LogP contribution in [0, 0.1) is 6.92 Å². The van der Waals surface area contributed by atoms with Crippen LogP contribution in [0.1, 0.15) is 16.1 Å². The number of aromatic carboxylic acids is 1. The normalized spacial score (nSPS) is 10.8. The van der Waals surface area contributed by atoms with E-state index >= 15 is 0 Å². The van der Waals surface area contributed by atoms with Gasteiger partial charge >= 0.3 is 5.97 Å². The number of hydrogen-bond acceptors (Lipinski definition) is 5. The number of H-pyrrole nitrogens is 1. The smallest absolute Gasteiger partial charge is 0.354 e. The second kappa shape index (κ2) is 4.93. The first-order valence-electron chi connectivity index (χ1n) is 5.82. The van der Waals surface area contributed by atoms with Crippen molar-refractivity contribution < 1.29 is 9.90 Å². The zero-order valence-corrected chi connectivity index (χ0v) is 11.3. The lowest BCUT2D eigenvalue weighted by atomic mass is 10.2. The SMILES string of the molecule is Cc1ccc2nc(Sc3nccc(C(=O)O)n3)[nH]c2c1. The quantitative estimate of drug-likeness (QED) is 0.719. The average molecular weight is 286 g/mol. The highest BCUT2D eigenvalue weighted by molar-refractivity contribution is 7.99. The molecule has 0 bridgehead atoms. The second-order valence-electron chi connectivity index (χ2n) is 4.19. The zero-order valence-electron chi connectivity index (χ0n) is 10.5. The molecule has 20 heavy (non-hydrogen) atoms. The number of aromatic amines is 1. The van der Waals surface area contributed by atoms with Gasteiger partial charge in [0.1, 0.15) is 0 Å². The van der Waals surface area contributed by atoms with Crippen LogP contribution in [0.25, 0.3) is 11.0 Å². The summed E-state index contributed by atoms with van der Waals surface area (Å²) in [5, 5.41) is 9.88. The lowest BCUT2D eigenvalue weighted by molar-refractivity contribution is 0.0689. The minimum Gasteiger partial charge on any atom is -0.477 e. The van der Waals surface area contributed by atoms with Crippen LogP contribution in [-0.4, -0.2) is 31.0 Å². The molecule has 0 saturated heterocycles. The summed E-state index contributed by atoms with van der Waals surface area (Å²) < 4.78 is 0. The summed E-state index contributed by atoms with van der Waals surface area (Å²) in [5.74, 6) is -1.07. The fourth-order valence-electron chi connectivity index (χ4n) is 1.74. The first kappa shape index (κ1) is 12.6. The number of aromatic nitrogens is 4. The molecule has 0 amide bonds. The fourth-order valence-corrected chi connectivity index (χ4v) is 2.48. The van der Waals surface area contributed by atoms with E-state index in [4.69, 9.17) is 5.11 Å². The molecule has 0 spiro atoms. The lowest BCUT2D eigenvalue weighted by Crippen LogP contribution is -2.01. The fraction of sp³-hybridized carbons (Fsp3) is 0.0769. The molecule has 3 aromatic rings. The molecule has 0 aliphatic carbocycles. The van der Waals surface area contributed by atoms with Crippen molar-refractivity contribution in [3.05, 3.63) is 41.7 Å². The van der Waals surface area contributed by atoms with Gasteiger partial charge in [0.2, 0.25) is 0 Å². The van der Waals surface area contributed by atoms with Gasteiger partial charge in [-0.15, -0.1) is 0 Å². The molecular weight excluding hydrogens is 276 g/mol. The molecule has 0 radical (unpaired) electrons. The van der Waals surface area contributed by atoms with Gasteiger partial charge in [-0.3, -0.25) is 0 Å². The number of imidazole rings is 1. The molecule has 2 N–H and O–H groups in total. The number of benzene rings is 1. The third-order valence-electron chi connectivity index (χ3n) is 2.66. The number of carboxylic acids is 1. The molecule has 2 aromatic heterocycles. The van der Waals surface area contributed by atoms with Gasteiger partial charge < -0.3 is 10.1 Å². The van der Waals surface area contributed by atoms with Gasteiger partial charge in [-0.05, 0) is 42.4 Å². The Bertz CT molecular complexity index is 800. The van der Waals surface area contributed by atoms with Crippen LogP contribution in [0.5, 0.6) is 0 Å². The highest BCUT2D eigenvalue weighted by Gasteiger charge is 2.10. The minimum absolute atomic E-state index is 0.0329. The van der Waals surface area contributed by atoms with E-state index in [-0.39, 0.29) is 5.69 Å². The number of carbonyl (C=O) groups is 1. The summed E-state index contributed by atoms with van der Waals surface area (Å²) >= 11 is 1.20. The third-order valence-corrected chi connectivity index (χ3v) is 3.42. The summed E-state index contributed by atoms with van der Waals surface area (Å²) in [6.45, 7) is 2.01. The molecule has 6 nitrogen and oxygen atoms in total. The van der Waals surface area contributed by atoms with Crippen molar-refractivity contribution in [2.45, 2.75) is 17.2 Å². The maximum absolute atomic E-state index is 10.9. The number of hydrogen-bond donors (Lipinski definition) is 2. The molecule has 0 atom stereocenters. The van der Waals surface area contributed by atoms with Gasteiger partial charge in [0.05, 0.1) is 11.0 Å². The molecule has 0 unspecified atom stereocenters. The van der Waals surface area contributed by atoms with E-state index in [1.165, 1.54) is 24.0 Å². The molecule has 0 fully saturated rings. The van der Waals surface area contributed by atoms with Crippen molar-refractivity contribution in [2.24, 2.45) is 0 Å². The standard InChI is InChI=1S/C13H10N4O2S/c1-7-2-3-8-10(6-7)17-13(15-8)20-12-14-5-4-9(16-12)11(18)19/h2-6H,1H3,(H,15,17)(H,18,19). The van der Waals surface area contributed by atoms with Gasteiger partial charge in [0.15, 0.2) is 16.0 Å². The van der Waals surface area contributed by atoms with Crippen molar-refractivity contribution in [3.63, 3.8) is 0 Å². The molecule has 7 heteroatoms. The van der Waals surface area contributed by atoms with E-state index in [1.54, 1.807) is 0 Å². The van der Waals surface area contributed by atoms with Crippen LogP contribution in [-0.2, 0) is 0 Å². The number of fused-ring (bicyclic) bond motifs is 1. The molecule has 3 rings (SSSR count). The third kappa shape index (κ3) is 2.48. The highest BCUT2D eigenvalue weighted by Crippen LogP contribution is 2.24. The van der Waals surface area contributed by atoms with Crippen molar-refractivity contribution in [1.29, 1.82) is 0 Å². The summed E-state index contributed by atoms with van der Waals surface area (Å²) in [7, 11) is 0. The molecular formula is C13H10N4O2S. The Morgan fingerprint density at radius 1 is 1.30 bits per heavy atom. The molecule has 1 aromatic carbocycles. The largest absolute Gasteiger partial charge is 0.477 e. The second-order valence-corrected chi connectivity index (χ2v) is 5.15. The highest BCUT2D eigenvalue weighted by atomic mass is 32.2. The summed E-state index contributed by atoms with van der Waals surface area (Å²) in [6, 6.07) is 7.27. The monoisotopic (exact) mass is 286 g/mol. The van der Waals surface area contributed by atoms with Crippen LogP contribution in [0.15, 0.2) is 40.8 Å². The Hall–Kier alpha value is -2.41. The number of aryl methyl sites for hydroxylation is 1. The van der Waals surface area contributed by atoms with Crippen LogP contribution in [0.4, 0.5) is 0 Å². The maximum Gasteiger partial charge on any atom is 0.354 e. The van der Waals surface area contributed by atoms with Crippen molar-refractivity contribution in [1.82, 2.24) is 19.9 Å². The van der Waals surface area contributed by atoms with Gasteiger partial charge in [0.25, 0.3) is 0 Å². The number of rotatable bonds is 3. The van der Waals surface area contributed by atoms with E-state index < -0.39 is 5.97 Å². The Morgan fingerprint density at radius 2 is 2.15 bits per heavy atom. The van der Waals surface area contributed by atoms with Crippen LogP contribution in [0.2, 0.25) is 0 Å². The lowest BCUT2D eigenvalue weighted by Gasteiger charge is -1.97. The molecule has 0 saturated carbocycles. The van der Waals surface area contributed by atoms with Crippen LogP contribution >= 0.6 is 11.8 Å². The predicted octanol–water partition coefficient (Wildman–Crippen LogP) is 2.51. The van der Waals surface area contributed by atoms with Crippen LogP contribution < -0.4 is 0 Å². The summed E-state index contributed by atoms with van der Waals surface area (Å²) in [6.07, 6.45) is 1.42. The summed E-state index contributed by atoms with van der Waals surface area (Å²) in [5.41, 5.74) is 2.89. The summed E-state index contributed by atoms with van der Waals surface area (Å²) in [4.78, 5) is 26.4. The molecule has 2 heterocycles. The van der Waals surface area contributed by atoms with Gasteiger partial charge in [0, 0.05) is 6.20 Å². The van der Waals surface area contributed by atoms with Gasteiger partial charge in [-0.2, -0.15) is 0 Å². The average Bonchev–Trinajstić information content (AvgIpc) is 2.80. The topological polar surface area (TPSA) is 91.8 Å². The van der Waals surface area contributed by atoms with Crippen molar-refractivity contribution >= 4 is 28.8 Å². The maximum atomic E-state index is 10.9. The predicted molar refractivity (Wildman–Crippen MR) is 73.9 cm³/mol. The van der Waals surface area contributed by atoms with Gasteiger partial charge in [-0.1, -0.05) is 6.07 Å². The van der Waals surface area contributed by atoms with E-state index in [0.717, 1.165) is 16.6 Å². The van der Waals surface area contributed by atoms with E-state index in [9.17, 15) is 4.79 Å². The first-order chi connectivity index (χ1) is 9.61. The number of carboxylic acid groups (broad SMARTS) is 1. The van der Waals surface area contributed by atoms with E-state index in [1.807, 2.05) is 25.1 Å². The number of nitrogens with one attached hydrogen (secondary N) is 1. The van der Waals surface area contributed by atoms with Gasteiger partial charge in [-0.25, -0.2) is 19.7 Å². The zero-order chi connectivity index (χ0) is 14.1. The molecule has 100 valence electrons. The van der Waals surface area contributed by atoms with E-state index in [2.05, 4.69) is 19.9 Å². The Balaban J connectivity index is 1.92. The molecule has 0 aliphatic heterocycles. The first-order valence-corrected chi connectivity index (χ1v) is 6.64. The minimum atomic E-state index is -1.07. The Morgan fingerprint density at radius 3 is 2.95 bits per heavy atom. The Kier molecular flexibility index (Phi) is 3.11. The molecule has 0 aliphatic rings. The van der Waals surface area contributed by atoms with Crippen molar-refractivity contribution in [3.8, 4) is 0 Å².